The summed E-state index contributed by atoms with van der Waals surface area (Å²) in [6, 6.07) is 0.765. The highest BCUT2D eigenvalue weighted by Crippen LogP contribution is 2.51. The third-order valence-electron chi connectivity index (χ3n) is 8.59. The van der Waals surface area contributed by atoms with Crippen molar-refractivity contribution in [3.05, 3.63) is 12.7 Å². The van der Waals surface area contributed by atoms with Gasteiger partial charge in [-0.3, -0.25) is 4.90 Å². The van der Waals surface area contributed by atoms with E-state index in [1.807, 2.05) is 0 Å². The van der Waals surface area contributed by atoms with Crippen molar-refractivity contribution in [2.75, 3.05) is 19.7 Å². The van der Waals surface area contributed by atoms with Gasteiger partial charge in [-0.25, -0.2) is 0 Å². The molecule has 28 heavy (non-hydrogen) atoms. The molecule has 3 aliphatic carbocycles. The van der Waals surface area contributed by atoms with Crippen LogP contribution < -0.4 is 0 Å². The van der Waals surface area contributed by atoms with Gasteiger partial charge in [0.15, 0.2) is 5.79 Å². The van der Waals surface area contributed by atoms with Gasteiger partial charge in [0.25, 0.3) is 0 Å². The molecule has 0 bridgehead atoms. The predicted molar refractivity (Wildman–Crippen MR) is 115 cm³/mol. The number of nitrogens with zero attached hydrogens (tertiary/aromatic N) is 1. The molecule has 1 atom stereocenters. The molecule has 4 fully saturated rings. The van der Waals surface area contributed by atoms with Gasteiger partial charge >= 0.3 is 0 Å². The fourth-order valence-corrected chi connectivity index (χ4v) is 6.71. The fraction of sp³-hybridized carbons (Fsp3) is 0.920. The molecule has 160 valence electrons. The van der Waals surface area contributed by atoms with Gasteiger partial charge in [0.2, 0.25) is 0 Å². The highest BCUT2D eigenvalue weighted by Gasteiger charge is 2.47. The first-order valence-corrected chi connectivity index (χ1v) is 12.3. The standard InChI is InChI=1S/C25H43NO2/c1-3-18-26(22-9-5-6-10-22)19-13-23-20-27-25(28-23)16-11-21(12-17-25)24(2)14-7-4-8-15-24/h3,21-23H,1,4-20H2,2H3. The molecule has 1 saturated heterocycles. The predicted octanol–water partition coefficient (Wildman–Crippen LogP) is 6.08. The topological polar surface area (TPSA) is 21.7 Å². The van der Waals surface area contributed by atoms with Crippen molar-refractivity contribution in [1.82, 2.24) is 4.90 Å². The van der Waals surface area contributed by atoms with Gasteiger partial charge in [0.1, 0.15) is 0 Å². The smallest absolute Gasteiger partial charge is 0.168 e. The molecule has 4 aliphatic rings. The Hall–Kier alpha value is -0.380. The summed E-state index contributed by atoms with van der Waals surface area (Å²) in [7, 11) is 0. The Labute approximate surface area is 173 Å². The normalized spacial score (nSPS) is 36.4. The highest BCUT2D eigenvalue weighted by molar-refractivity contribution is 4.93. The summed E-state index contributed by atoms with van der Waals surface area (Å²) in [6.07, 6.45) is 21.0. The van der Waals surface area contributed by atoms with Crippen LogP contribution in [-0.4, -0.2) is 42.5 Å². The third kappa shape index (κ3) is 4.68. The molecule has 0 aromatic heterocycles. The Balaban J connectivity index is 1.24. The zero-order chi connectivity index (χ0) is 19.5. The Kier molecular flexibility index (Phi) is 6.85. The molecule has 4 rings (SSSR count). The van der Waals surface area contributed by atoms with E-state index in [2.05, 4.69) is 24.5 Å². The maximum Gasteiger partial charge on any atom is 0.168 e. The molecular weight excluding hydrogens is 346 g/mol. The van der Waals surface area contributed by atoms with Gasteiger partial charge in [-0.05, 0) is 56.3 Å². The first kappa shape index (κ1) is 20.9. The lowest BCUT2D eigenvalue weighted by Crippen LogP contribution is -2.41. The Bertz CT molecular complexity index is 499. The van der Waals surface area contributed by atoms with Crippen LogP contribution in [0.25, 0.3) is 0 Å². The van der Waals surface area contributed by atoms with E-state index in [1.165, 1.54) is 70.6 Å². The molecule has 0 aromatic carbocycles. The van der Waals surface area contributed by atoms with Crippen LogP contribution in [0.4, 0.5) is 0 Å². The number of hydrogen-bond acceptors (Lipinski definition) is 3. The van der Waals surface area contributed by atoms with E-state index >= 15 is 0 Å². The van der Waals surface area contributed by atoms with Gasteiger partial charge in [0.05, 0.1) is 12.7 Å². The zero-order valence-corrected chi connectivity index (χ0v) is 18.3. The molecule has 0 amide bonds. The second kappa shape index (κ2) is 9.18. The van der Waals surface area contributed by atoms with Gasteiger partial charge in [-0.1, -0.05) is 45.1 Å². The minimum atomic E-state index is -0.247. The summed E-state index contributed by atoms with van der Waals surface area (Å²) in [5.74, 6) is 0.637. The molecular formula is C25H43NO2. The van der Waals surface area contributed by atoms with Crippen LogP contribution >= 0.6 is 0 Å². The summed E-state index contributed by atoms with van der Waals surface area (Å²) in [5, 5.41) is 0. The van der Waals surface area contributed by atoms with Crippen LogP contribution in [0.1, 0.15) is 96.8 Å². The average Bonchev–Trinajstić information content (AvgIpc) is 3.37. The van der Waals surface area contributed by atoms with Gasteiger partial charge in [-0.2, -0.15) is 0 Å². The Morgan fingerprint density at radius 2 is 1.68 bits per heavy atom. The molecule has 0 radical (unpaired) electrons. The quantitative estimate of drug-likeness (QED) is 0.493. The largest absolute Gasteiger partial charge is 0.347 e. The van der Waals surface area contributed by atoms with E-state index < -0.39 is 0 Å². The van der Waals surface area contributed by atoms with E-state index in [9.17, 15) is 0 Å². The molecule has 3 heteroatoms. The first-order chi connectivity index (χ1) is 13.6. The van der Waals surface area contributed by atoms with Crippen LogP contribution in [-0.2, 0) is 9.47 Å². The monoisotopic (exact) mass is 389 g/mol. The highest BCUT2D eigenvalue weighted by atomic mass is 16.7. The second-order valence-corrected chi connectivity index (χ2v) is 10.5. The molecule has 3 saturated carbocycles. The lowest BCUT2D eigenvalue weighted by Gasteiger charge is -2.46. The maximum atomic E-state index is 6.57. The van der Waals surface area contributed by atoms with E-state index in [0.717, 1.165) is 50.9 Å². The van der Waals surface area contributed by atoms with Crippen molar-refractivity contribution in [2.24, 2.45) is 11.3 Å². The summed E-state index contributed by atoms with van der Waals surface area (Å²) >= 11 is 0. The summed E-state index contributed by atoms with van der Waals surface area (Å²) in [4.78, 5) is 2.63. The fourth-order valence-electron chi connectivity index (χ4n) is 6.71. The zero-order valence-electron chi connectivity index (χ0n) is 18.3. The minimum Gasteiger partial charge on any atom is -0.347 e. The number of ether oxygens (including phenoxy) is 2. The maximum absolute atomic E-state index is 6.57. The van der Waals surface area contributed by atoms with E-state index in [-0.39, 0.29) is 11.9 Å². The van der Waals surface area contributed by atoms with Gasteiger partial charge in [-0.15, -0.1) is 6.58 Å². The lowest BCUT2D eigenvalue weighted by atomic mass is 9.62. The lowest BCUT2D eigenvalue weighted by molar-refractivity contribution is -0.199. The van der Waals surface area contributed by atoms with Gasteiger partial charge < -0.3 is 9.47 Å². The first-order valence-electron chi connectivity index (χ1n) is 12.3. The molecule has 1 unspecified atom stereocenters. The minimum absolute atomic E-state index is 0.247. The third-order valence-corrected chi connectivity index (χ3v) is 8.59. The number of rotatable bonds is 7. The van der Waals surface area contributed by atoms with Crippen LogP contribution in [0.3, 0.4) is 0 Å². The summed E-state index contributed by atoms with van der Waals surface area (Å²) < 4.78 is 12.9. The molecule has 3 nitrogen and oxygen atoms in total. The van der Waals surface area contributed by atoms with Crippen LogP contribution in [0.15, 0.2) is 12.7 Å². The summed E-state index contributed by atoms with van der Waals surface area (Å²) in [6.45, 7) is 9.48. The molecule has 0 N–H and O–H groups in total. The van der Waals surface area contributed by atoms with Crippen molar-refractivity contribution in [2.45, 2.75) is 115 Å². The van der Waals surface area contributed by atoms with Crippen molar-refractivity contribution < 1.29 is 9.47 Å². The Morgan fingerprint density at radius 3 is 2.36 bits per heavy atom. The van der Waals surface area contributed by atoms with Crippen molar-refractivity contribution in [3.63, 3.8) is 0 Å². The van der Waals surface area contributed by atoms with Gasteiger partial charge in [0, 0.05) is 32.0 Å². The molecule has 1 spiro atoms. The summed E-state index contributed by atoms with van der Waals surface area (Å²) in [5.41, 5.74) is 0.588. The van der Waals surface area contributed by atoms with E-state index in [0.29, 0.717) is 5.41 Å². The van der Waals surface area contributed by atoms with Crippen LogP contribution in [0.2, 0.25) is 0 Å². The van der Waals surface area contributed by atoms with Crippen molar-refractivity contribution >= 4 is 0 Å². The molecule has 1 aliphatic heterocycles. The van der Waals surface area contributed by atoms with E-state index in [1.54, 1.807) is 0 Å². The van der Waals surface area contributed by atoms with Crippen LogP contribution in [0.5, 0.6) is 0 Å². The molecule has 0 aromatic rings. The molecule has 1 heterocycles. The van der Waals surface area contributed by atoms with E-state index in [4.69, 9.17) is 9.47 Å². The van der Waals surface area contributed by atoms with Crippen molar-refractivity contribution in [3.8, 4) is 0 Å². The van der Waals surface area contributed by atoms with Crippen LogP contribution in [0, 0.1) is 11.3 Å². The second-order valence-electron chi connectivity index (χ2n) is 10.5. The number of hydrogen-bond donors (Lipinski definition) is 0. The van der Waals surface area contributed by atoms with Crippen molar-refractivity contribution in [1.29, 1.82) is 0 Å². The Morgan fingerprint density at radius 1 is 0.964 bits per heavy atom. The SMILES string of the molecule is C=CCN(CCC1COC2(CCC(C3(C)CCCCC3)CC2)O1)C1CCCC1. The average molecular weight is 390 g/mol.